The summed E-state index contributed by atoms with van der Waals surface area (Å²) in [5.74, 6) is -0.804. The van der Waals surface area contributed by atoms with Gasteiger partial charge in [0.05, 0.1) is 11.5 Å². The minimum absolute atomic E-state index is 0.110. The zero-order valence-corrected chi connectivity index (χ0v) is 22.4. The lowest BCUT2D eigenvalue weighted by Crippen LogP contribution is -2.52. The van der Waals surface area contributed by atoms with Crippen molar-refractivity contribution >= 4 is 34.2 Å². The Bertz CT molecular complexity index is 1420. The molecule has 1 N–H and O–H groups in total. The second kappa shape index (κ2) is 10.6. The standard InChI is InChI=1S/C30H33N5O3/c1-19(2)16-25(35(5)28(37)26-22-11-7-6-10-20(22)14-15-32-26)27(36)34(4)21(18-31)17-30(3)23-12-8-9-13-24(23)33-29(30)38/h6-15,19,21,25H,16-17H2,1-5H3,(H,33,38)/t21-,25-,30+/m0/s1. The molecule has 1 aromatic heterocycles. The lowest BCUT2D eigenvalue weighted by atomic mass is 9.78. The summed E-state index contributed by atoms with van der Waals surface area (Å²) >= 11 is 0. The first-order valence-corrected chi connectivity index (χ1v) is 12.8. The molecule has 2 aromatic carbocycles. The van der Waals surface area contributed by atoms with Crippen molar-refractivity contribution in [3.8, 4) is 6.07 Å². The highest BCUT2D eigenvalue weighted by atomic mass is 16.2. The van der Waals surface area contributed by atoms with Gasteiger partial charge in [-0.1, -0.05) is 56.3 Å². The quantitative estimate of drug-likeness (QED) is 0.483. The molecule has 8 nitrogen and oxygen atoms in total. The van der Waals surface area contributed by atoms with Crippen LogP contribution in [0.4, 0.5) is 5.69 Å². The van der Waals surface area contributed by atoms with E-state index in [1.807, 2.05) is 68.4 Å². The number of anilines is 1. The van der Waals surface area contributed by atoms with E-state index in [0.29, 0.717) is 11.8 Å². The summed E-state index contributed by atoms with van der Waals surface area (Å²) in [5.41, 5.74) is 0.835. The normalized spacial score (nSPS) is 17.9. The number of aromatic nitrogens is 1. The smallest absolute Gasteiger partial charge is 0.273 e. The largest absolute Gasteiger partial charge is 0.328 e. The van der Waals surface area contributed by atoms with Crippen molar-refractivity contribution in [3.63, 3.8) is 0 Å². The number of fused-ring (bicyclic) bond motifs is 2. The van der Waals surface area contributed by atoms with E-state index >= 15 is 0 Å². The molecular formula is C30H33N5O3. The van der Waals surface area contributed by atoms with Crippen LogP contribution in [0.1, 0.15) is 49.7 Å². The molecule has 1 aliphatic rings. The third-order valence-corrected chi connectivity index (χ3v) is 7.48. The van der Waals surface area contributed by atoms with Crippen molar-refractivity contribution in [2.24, 2.45) is 5.92 Å². The van der Waals surface area contributed by atoms with Crippen LogP contribution in [0.15, 0.2) is 60.8 Å². The molecule has 8 heteroatoms. The Labute approximate surface area is 223 Å². The third-order valence-electron chi connectivity index (χ3n) is 7.48. The summed E-state index contributed by atoms with van der Waals surface area (Å²) in [6, 6.07) is 17.3. The van der Waals surface area contributed by atoms with Crippen molar-refractivity contribution < 1.29 is 14.4 Å². The number of likely N-dealkylation sites (N-methyl/N-ethyl adjacent to an activating group) is 2. The summed E-state index contributed by atoms with van der Waals surface area (Å²) in [6.45, 7) is 5.76. The zero-order valence-electron chi connectivity index (χ0n) is 22.4. The van der Waals surface area contributed by atoms with E-state index in [1.165, 1.54) is 9.80 Å². The molecule has 3 amide bonds. The molecule has 0 unspecified atom stereocenters. The SMILES string of the molecule is CC(C)C[C@@H](C(=O)N(C)[C@H](C#N)C[C@@]1(C)C(=O)Nc2ccccc21)N(C)C(=O)c1nccc2ccccc12. The first-order chi connectivity index (χ1) is 18.1. The summed E-state index contributed by atoms with van der Waals surface area (Å²) in [4.78, 5) is 47.6. The molecule has 0 aliphatic carbocycles. The van der Waals surface area contributed by atoms with Crippen molar-refractivity contribution in [1.82, 2.24) is 14.8 Å². The van der Waals surface area contributed by atoms with E-state index in [1.54, 1.807) is 27.2 Å². The molecule has 0 spiro atoms. The van der Waals surface area contributed by atoms with Gasteiger partial charge >= 0.3 is 0 Å². The Hall–Kier alpha value is -4.25. The van der Waals surface area contributed by atoms with Crippen molar-refractivity contribution in [3.05, 3.63) is 72.1 Å². The van der Waals surface area contributed by atoms with Crippen LogP contribution < -0.4 is 5.32 Å². The predicted octanol–water partition coefficient (Wildman–Crippen LogP) is 4.37. The highest BCUT2D eigenvalue weighted by Gasteiger charge is 2.46. The Balaban J connectivity index is 1.61. The van der Waals surface area contributed by atoms with Gasteiger partial charge in [-0.15, -0.1) is 0 Å². The van der Waals surface area contributed by atoms with Gasteiger partial charge in [0.25, 0.3) is 5.91 Å². The zero-order chi connectivity index (χ0) is 27.6. The maximum atomic E-state index is 13.9. The molecule has 196 valence electrons. The Morgan fingerprint density at radius 1 is 1.05 bits per heavy atom. The lowest BCUT2D eigenvalue weighted by molar-refractivity contribution is -0.137. The Kier molecular flexibility index (Phi) is 7.49. The number of amides is 3. The number of nitrogens with zero attached hydrogens (tertiary/aromatic N) is 4. The number of hydrogen-bond acceptors (Lipinski definition) is 5. The van der Waals surface area contributed by atoms with Gasteiger partial charge in [-0.3, -0.25) is 19.4 Å². The van der Waals surface area contributed by atoms with Crippen LogP contribution in [0.25, 0.3) is 10.8 Å². The molecule has 0 bridgehead atoms. The van der Waals surface area contributed by atoms with Gasteiger partial charge < -0.3 is 15.1 Å². The van der Waals surface area contributed by atoms with Crippen molar-refractivity contribution in [2.75, 3.05) is 19.4 Å². The lowest BCUT2D eigenvalue weighted by Gasteiger charge is -2.35. The second-order valence-electron chi connectivity index (χ2n) is 10.6. The van der Waals surface area contributed by atoms with Gasteiger partial charge in [-0.05, 0) is 48.8 Å². The third kappa shape index (κ3) is 4.84. The first-order valence-electron chi connectivity index (χ1n) is 12.8. The van der Waals surface area contributed by atoms with E-state index in [9.17, 15) is 19.6 Å². The van der Waals surface area contributed by atoms with E-state index in [0.717, 1.165) is 16.6 Å². The average Bonchev–Trinajstić information content (AvgIpc) is 3.17. The number of benzene rings is 2. The van der Waals surface area contributed by atoms with Crippen LogP contribution in [0.5, 0.6) is 0 Å². The maximum Gasteiger partial charge on any atom is 0.273 e. The molecular weight excluding hydrogens is 478 g/mol. The van der Waals surface area contributed by atoms with Crippen LogP contribution in [0.3, 0.4) is 0 Å². The number of rotatable bonds is 8. The minimum Gasteiger partial charge on any atom is -0.328 e. The number of para-hydroxylation sites is 1. The molecule has 3 atom stereocenters. The molecule has 4 rings (SSSR count). The summed E-state index contributed by atoms with van der Waals surface area (Å²) < 4.78 is 0. The average molecular weight is 512 g/mol. The van der Waals surface area contributed by atoms with Crippen molar-refractivity contribution in [2.45, 2.75) is 51.1 Å². The highest BCUT2D eigenvalue weighted by Crippen LogP contribution is 2.41. The summed E-state index contributed by atoms with van der Waals surface area (Å²) in [6.07, 6.45) is 2.13. The van der Waals surface area contributed by atoms with Gasteiger partial charge in [0.2, 0.25) is 11.8 Å². The van der Waals surface area contributed by atoms with Crippen LogP contribution in [0.2, 0.25) is 0 Å². The maximum absolute atomic E-state index is 13.9. The monoisotopic (exact) mass is 511 g/mol. The van der Waals surface area contributed by atoms with Gasteiger partial charge in [0.1, 0.15) is 17.8 Å². The predicted molar refractivity (Wildman–Crippen MR) is 146 cm³/mol. The van der Waals surface area contributed by atoms with E-state index in [-0.39, 0.29) is 35.8 Å². The van der Waals surface area contributed by atoms with Crippen LogP contribution in [-0.2, 0) is 15.0 Å². The first kappa shape index (κ1) is 26.8. The van der Waals surface area contributed by atoms with Gasteiger partial charge in [0, 0.05) is 31.4 Å². The van der Waals surface area contributed by atoms with Crippen LogP contribution in [-0.4, -0.2) is 58.7 Å². The van der Waals surface area contributed by atoms with Crippen LogP contribution in [0, 0.1) is 17.2 Å². The molecule has 0 fully saturated rings. The Morgan fingerprint density at radius 3 is 2.45 bits per heavy atom. The molecule has 0 radical (unpaired) electrons. The summed E-state index contributed by atoms with van der Waals surface area (Å²) in [5, 5.41) is 14.6. The number of nitriles is 1. The fourth-order valence-electron chi connectivity index (χ4n) is 5.17. The molecule has 0 saturated carbocycles. The molecule has 3 aromatic rings. The molecule has 0 saturated heterocycles. The van der Waals surface area contributed by atoms with Gasteiger partial charge in [0.15, 0.2) is 0 Å². The second-order valence-corrected chi connectivity index (χ2v) is 10.6. The van der Waals surface area contributed by atoms with E-state index in [4.69, 9.17) is 0 Å². The summed E-state index contributed by atoms with van der Waals surface area (Å²) in [7, 11) is 3.17. The van der Waals surface area contributed by atoms with E-state index in [2.05, 4.69) is 16.4 Å². The fourth-order valence-corrected chi connectivity index (χ4v) is 5.17. The number of carbonyl (C=O) groups is 3. The molecule has 38 heavy (non-hydrogen) atoms. The number of pyridine rings is 1. The number of nitrogens with one attached hydrogen (secondary N) is 1. The van der Waals surface area contributed by atoms with Crippen molar-refractivity contribution in [1.29, 1.82) is 5.26 Å². The topological polar surface area (TPSA) is 106 Å². The highest BCUT2D eigenvalue weighted by molar-refractivity contribution is 6.07. The minimum atomic E-state index is -0.965. The van der Waals surface area contributed by atoms with E-state index < -0.39 is 17.5 Å². The van der Waals surface area contributed by atoms with Crippen LogP contribution >= 0.6 is 0 Å². The van der Waals surface area contributed by atoms with Gasteiger partial charge in [-0.2, -0.15) is 5.26 Å². The fraction of sp³-hybridized carbons (Fsp3) is 0.367. The number of hydrogen-bond donors (Lipinski definition) is 1. The molecule has 2 heterocycles. The van der Waals surface area contributed by atoms with Gasteiger partial charge in [-0.25, -0.2) is 0 Å². The molecule has 1 aliphatic heterocycles. The number of carbonyl (C=O) groups excluding carboxylic acids is 3. The Morgan fingerprint density at radius 2 is 1.74 bits per heavy atom.